The Bertz CT molecular complexity index is 562. The quantitative estimate of drug-likeness (QED) is 0.915. The maximum Gasteiger partial charge on any atom is 0.135 e. The van der Waals surface area contributed by atoms with Gasteiger partial charge in [-0.15, -0.1) is 0 Å². The van der Waals surface area contributed by atoms with Crippen molar-refractivity contribution in [2.45, 2.75) is 44.8 Å². The molecule has 1 heterocycles. The van der Waals surface area contributed by atoms with E-state index in [1.807, 2.05) is 24.4 Å². The number of aromatic nitrogens is 1. The Morgan fingerprint density at radius 3 is 2.74 bits per heavy atom. The highest BCUT2D eigenvalue weighted by Crippen LogP contribution is 2.31. The summed E-state index contributed by atoms with van der Waals surface area (Å²) in [5, 5.41) is 1.08. The van der Waals surface area contributed by atoms with Crippen LogP contribution in [0.2, 0.25) is 0 Å². The fourth-order valence-electron chi connectivity index (χ4n) is 2.79. The lowest BCUT2D eigenvalue weighted by atomic mass is 9.97. The Morgan fingerprint density at radius 2 is 1.95 bits per heavy atom. The first-order valence-electron chi connectivity index (χ1n) is 7.12. The second kappa shape index (κ2) is 5.57. The molecular formula is C16H20N2O. The maximum absolute atomic E-state index is 6.27. The van der Waals surface area contributed by atoms with Crippen molar-refractivity contribution in [3.05, 3.63) is 36.0 Å². The van der Waals surface area contributed by atoms with Crippen LogP contribution in [0.3, 0.4) is 0 Å². The molecule has 0 bridgehead atoms. The average Bonchev–Trinajstić information content (AvgIpc) is 2.49. The van der Waals surface area contributed by atoms with Crippen LogP contribution in [-0.2, 0) is 6.54 Å². The van der Waals surface area contributed by atoms with Gasteiger partial charge in [0.05, 0.1) is 11.6 Å². The molecule has 0 spiro atoms. The summed E-state index contributed by atoms with van der Waals surface area (Å²) in [7, 11) is 0. The Balaban J connectivity index is 1.98. The van der Waals surface area contributed by atoms with E-state index in [9.17, 15) is 0 Å². The smallest absolute Gasteiger partial charge is 0.135 e. The summed E-state index contributed by atoms with van der Waals surface area (Å²) in [6, 6.07) is 8.11. The van der Waals surface area contributed by atoms with E-state index in [1.165, 1.54) is 19.3 Å². The van der Waals surface area contributed by atoms with Gasteiger partial charge < -0.3 is 10.5 Å². The van der Waals surface area contributed by atoms with Crippen molar-refractivity contribution in [3.8, 4) is 5.75 Å². The lowest BCUT2D eigenvalue weighted by molar-refractivity contribution is 0.155. The van der Waals surface area contributed by atoms with Gasteiger partial charge in [-0.25, -0.2) is 0 Å². The van der Waals surface area contributed by atoms with Crippen molar-refractivity contribution in [2.75, 3.05) is 0 Å². The van der Waals surface area contributed by atoms with Crippen LogP contribution in [0.15, 0.2) is 30.5 Å². The number of fused-ring (bicyclic) bond motifs is 1. The van der Waals surface area contributed by atoms with Crippen LogP contribution in [0, 0.1) is 0 Å². The third-order valence-electron chi connectivity index (χ3n) is 3.86. The molecule has 2 N–H and O–H groups in total. The first kappa shape index (κ1) is 12.4. The van der Waals surface area contributed by atoms with Gasteiger partial charge in [0, 0.05) is 23.7 Å². The van der Waals surface area contributed by atoms with Gasteiger partial charge in [-0.05, 0) is 37.8 Å². The molecule has 0 aliphatic heterocycles. The number of hydrogen-bond acceptors (Lipinski definition) is 3. The number of pyridine rings is 1. The molecule has 1 fully saturated rings. The summed E-state index contributed by atoms with van der Waals surface area (Å²) >= 11 is 0. The molecule has 0 unspecified atom stereocenters. The Kier molecular flexibility index (Phi) is 3.65. The minimum atomic E-state index is 0.338. The largest absolute Gasteiger partial charge is 0.489 e. The molecular weight excluding hydrogens is 236 g/mol. The number of para-hydroxylation sites is 1. The van der Waals surface area contributed by atoms with Gasteiger partial charge in [0.1, 0.15) is 5.75 Å². The topological polar surface area (TPSA) is 48.1 Å². The Hall–Kier alpha value is -1.61. The molecule has 0 atom stereocenters. The predicted octanol–water partition coefficient (Wildman–Crippen LogP) is 3.41. The summed E-state index contributed by atoms with van der Waals surface area (Å²) in [6.07, 6.45) is 8.37. The SMILES string of the molecule is NCc1cnc2ccccc2c1OC1CCCCC1. The third-order valence-corrected chi connectivity index (χ3v) is 3.86. The van der Waals surface area contributed by atoms with Crippen LogP contribution in [0.25, 0.3) is 10.9 Å². The van der Waals surface area contributed by atoms with E-state index in [0.717, 1.165) is 35.1 Å². The zero-order valence-electron chi connectivity index (χ0n) is 11.1. The minimum Gasteiger partial charge on any atom is -0.489 e. The Labute approximate surface area is 113 Å². The van der Waals surface area contributed by atoms with E-state index in [4.69, 9.17) is 10.5 Å². The lowest BCUT2D eigenvalue weighted by Crippen LogP contribution is -2.21. The van der Waals surface area contributed by atoms with Crippen LogP contribution in [0.4, 0.5) is 0 Å². The highest BCUT2D eigenvalue weighted by molar-refractivity contribution is 5.86. The highest BCUT2D eigenvalue weighted by atomic mass is 16.5. The molecule has 1 aromatic heterocycles. The van der Waals surface area contributed by atoms with Crippen molar-refractivity contribution in [1.82, 2.24) is 4.98 Å². The summed E-state index contributed by atoms with van der Waals surface area (Å²) in [5.74, 6) is 0.944. The minimum absolute atomic E-state index is 0.338. The predicted molar refractivity (Wildman–Crippen MR) is 77.1 cm³/mol. The molecule has 1 aliphatic carbocycles. The van der Waals surface area contributed by atoms with E-state index in [-0.39, 0.29) is 0 Å². The van der Waals surface area contributed by atoms with Crippen molar-refractivity contribution in [2.24, 2.45) is 5.73 Å². The second-order valence-electron chi connectivity index (χ2n) is 5.21. The molecule has 3 rings (SSSR count). The van der Waals surface area contributed by atoms with E-state index >= 15 is 0 Å². The standard InChI is InChI=1S/C16H20N2O/c17-10-12-11-18-15-9-5-4-8-14(15)16(12)19-13-6-2-1-3-7-13/h4-5,8-9,11,13H,1-3,6-7,10,17H2. The molecule has 3 nitrogen and oxygen atoms in total. The molecule has 2 aromatic rings. The lowest BCUT2D eigenvalue weighted by Gasteiger charge is -2.25. The van der Waals surface area contributed by atoms with Crippen molar-refractivity contribution in [1.29, 1.82) is 0 Å². The van der Waals surface area contributed by atoms with Gasteiger partial charge in [0.15, 0.2) is 0 Å². The van der Waals surface area contributed by atoms with Gasteiger partial charge >= 0.3 is 0 Å². The molecule has 1 aliphatic rings. The monoisotopic (exact) mass is 256 g/mol. The first-order chi connectivity index (χ1) is 9.38. The normalized spacial score (nSPS) is 16.7. The number of benzene rings is 1. The van der Waals surface area contributed by atoms with Gasteiger partial charge in [0.25, 0.3) is 0 Å². The molecule has 0 radical (unpaired) electrons. The number of nitrogens with zero attached hydrogens (tertiary/aromatic N) is 1. The number of nitrogens with two attached hydrogens (primary N) is 1. The van der Waals surface area contributed by atoms with Gasteiger partial charge in [-0.2, -0.15) is 0 Å². The van der Waals surface area contributed by atoms with Crippen LogP contribution in [0.5, 0.6) is 5.75 Å². The molecule has 100 valence electrons. The summed E-state index contributed by atoms with van der Waals surface area (Å²) < 4.78 is 6.27. The summed E-state index contributed by atoms with van der Waals surface area (Å²) in [4.78, 5) is 4.45. The van der Waals surface area contributed by atoms with Crippen molar-refractivity contribution >= 4 is 10.9 Å². The summed E-state index contributed by atoms with van der Waals surface area (Å²) in [5.41, 5.74) is 7.81. The molecule has 0 amide bonds. The fraction of sp³-hybridized carbons (Fsp3) is 0.438. The second-order valence-corrected chi connectivity index (χ2v) is 5.21. The summed E-state index contributed by atoms with van der Waals surface area (Å²) in [6.45, 7) is 0.472. The first-order valence-corrected chi connectivity index (χ1v) is 7.12. The molecule has 3 heteroatoms. The van der Waals surface area contributed by atoms with E-state index < -0.39 is 0 Å². The highest BCUT2D eigenvalue weighted by Gasteiger charge is 2.18. The maximum atomic E-state index is 6.27. The van der Waals surface area contributed by atoms with Gasteiger partial charge in [0.2, 0.25) is 0 Å². The van der Waals surface area contributed by atoms with Gasteiger partial charge in [-0.1, -0.05) is 18.6 Å². The van der Waals surface area contributed by atoms with E-state index in [1.54, 1.807) is 0 Å². The Morgan fingerprint density at radius 1 is 1.16 bits per heavy atom. The zero-order valence-corrected chi connectivity index (χ0v) is 11.1. The zero-order chi connectivity index (χ0) is 13.1. The fourth-order valence-corrected chi connectivity index (χ4v) is 2.79. The van der Waals surface area contributed by atoms with Crippen molar-refractivity contribution in [3.63, 3.8) is 0 Å². The number of ether oxygens (including phenoxy) is 1. The van der Waals surface area contributed by atoms with Crippen molar-refractivity contribution < 1.29 is 4.74 Å². The van der Waals surface area contributed by atoms with Gasteiger partial charge in [-0.3, -0.25) is 4.98 Å². The van der Waals surface area contributed by atoms with Crippen LogP contribution < -0.4 is 10.5 Å². The third kappa shape index (κ3) is 2.56. The average molecular weight is 256 g/mol. The van der Waals surface area contributed by atoms with E-state index in [2.05, 4.69) is 11.1 Å². The van der Waals surface area contributed by atoms with Crippen LogP contribution >= 0.6 is 0 Å². The number of hydrogen-bond donors (Lipinski definition) is 1. The molecule has 0 saturated heterocycles. The number of rotatable bonds is 3. The molecule has 1 aromatic carbocycles. The van der Waals surface area contributed by atoms with E-state index in [0.29, 0.717) is 12.6 Å². The molecule has 19 heavy (non-hydrogen) atoms. The van der Waals surface area contributed by atoms with Crippen LogP contribution in [-0.4, -0.2) is 11.1 Å². The molecule has 1 saturated carbocycles. The van der Waals surface area contributed by atoms with Crippen LogP contribution in [0.1, 0.15) is 37.7 Å².